The maximum Gasteiger partial charge on any atom is 0.326 e. The van der Waals surface area contributed by atoms with Gasteiger partial charge in [-0.1, -0.05) is 0 Å². The minimum atomic E-state index is -0.190. The predicted molar refractivity (Wildman–Crippen MR) is 42.9 cm³/mol. The SMILES string of the molecule is COCCNC(=O)n1ccnc1. The van der Waals surface area contributed by atoms with Crippen LogP contribution in [0.15, 0.2) is 18.7 Å². The summed E-state index contributed by atoms with van der Waals surface area (Å²) in [6.45, 7) is 1.02. The molecule has 1 heterocycles. The van der Waals surface area contributed by atoms with Gasteiger partial charge in [-0.15, -0.1) is 0 Å². The van der Waals surface area contributed by atoms with Gasteiger partial charge in [-0.25, -0.2) is 9.78 Å². The lowest BCUT2D eigenvalue weighted by Gasteiger charge is -2.03. The molecule has 0 spiro atoms. The topological polar surface area (TPSA) is 56.1 Å². The lowest BCUT2D eigenvalue weighted by Crippen LogP contribution is -2.30. The zero-order chi connectivity index (χ0) is 8.81. The van der Waals surface area contributed by atoms with E-state index in [9.17, 15) is 4.79 Å². The van der Waals surface area contributed by atoms with Gasteiger partial charge in [-0.2, -0.15) is 0 Å². The number of rotatable bonds is 3. The number of nitrogens with zero attached hydrogens (tertiary/aromatic N) is 2. The summed E-state index contributed by atoms with van der Waals surface area (Å²) in [6, 6.07) is -0.190. The van der Waals surface area contributed by atoms with Gasteiger partial charge < -0.3 is 10.1 Å². The zero-order valence-electron chi connectivity index (χ0n) is 6.86. The van der Waals surface area contributed by atoms with Crippen LogP contribution < -0.4 is 5.32 Å². The quantitative estimate of drug-likeness (QED) is 0.652. The van der Waals surface area contributed by atoms with Crippen LogP contribution in [0.25, 0.3) is 0 Å². The Balaban J connectivity index is 2.30. The van der Waals surface area contributed by atoms with Crippen LogP contribution >= 0.6 is 0 Å². The fraction of sp³-hybridized carbons (Fsp3) is 0.429. The zero-order valence-corrected chi connectivity index (χ0v) is 6.86. The van der Waals surface area contributed by atoms with Crippen molar-refractivity contribution in [3.05, 3.63) is 18.7 Å². The molecule has 1 N–H and O–H groups in total. The van der Waals surface area contributed by atoms with Crippen molar-refractivity contribution in [3.63, 3.8) is 0 Å². The maximum atomic E-state index is 11.1. The third-order valence-electron chi connectivity index (χ3n) is 1.32. The van der Waals surface area contributed by atoms with Gasteiger partial charge in [0.15, 0.2) is 0 Å². The molecule has 1 amide bonds. The van der Waals surface area contributed by atoms with E-state index in [2.05, 4.69) is 10.3 Å². The highest BCUT2D eigenvalue weighted by Gasteiger charge is 1.99. The van der Waals surface area contributed by atoms with Gasteiger partial charge in [0.1, 0.15) is 6.33 Å². The van der Waals surface area contributed by atoms with Gasteiger partial charge in [0.05, 0.1) is 6.61 Å². The Morgan fingerprint density at radius 2 is 2.58 bits per heavy atom. The standard InChI is InChI=1S/C7H11N3O2/c1-12-5-3-9-7(11)10-4-2-8-6-10/h2,4,6H,3,5H2,1H3,(H,9,11). The van der Waals surface area contributed by atoms with Crippen molar-refractivity contribution in [1.29, 1.82) is 0 Å². The number of hydrogen-bond donors (Lipinski definition) is 1. The highest BCUT2D eigenvalue weighted by molar-refractivity contribution is 5.76. The number of methoxy groups -OCH3 is 1. The van der Waals surface area contributed by atoms with Gasteiger partial charge in [0, 0.05) is 26.0 Å². The molecule has 5 nitrogen and oxygen atoms in total. The van der Waals surface area contributed by atoms with E-state index in [0.717, 1.165) is 0 Å². The van der Waals surface area contributed by atoms with Crippen LogP contribution in [0, 0.1) is 0 Å². The average Bonchev–Trinajstić information content (AvgIpc) is 2.56. The van der Waals surface area contributed by atoms with Crippen LogP contribution in [-0.4, -0.2) is 35.8 Å². The monoisotopic (exact) mass is 169 g/mol. The molecule has 0 saturated heterocycles. The summed E-state index contributed by atoms with van der Waals surface area (Å²) in [5, 5.41) is 2.64. The van der Waals surface area contributed by atoms with Gasteiger partial charge in [0.2, 0.25) is 0 Å². The smallest absolute Gasteiger partial charge is 0.326 e. The molecule has 0 radical (unpaired) electrons. The fourth-order valence-corrected chi connectivity index (χ4v) is 0.731. The molecule has 0 saturated carbocycles. The van der Waals surface area contributed by atoms with Crippen molar-refractivity contribution in [2.75, 3.05) is 20.3 Å². The maximum absolute atomic E-state index is 11.1. The van der Waals surface area contributed by atoms with Crippen LogP contribution in [0.5, 0.6) is 0 Å². The Morgan fingerprint density at radius 3 is 3.17 bits per heavy atom. The molecular formula is C7H11N3O2. The van der Waals surface area contributed by atoms with Crippen molar-refractivity contribution in [1.82, 2.24) is 14.9 Å². The van der Waals surface area contributed by atoms with Gasteiger partial charge >= 0.3 is 6.03 Å². The van der Waals surface area contributed by atoms with E-state index < -0.39 is 0 Å². The second kappa shape index (κ2) is 4.50. The van der Waals surface area contributed by atoms with Crippen molar-refractivity contribution in [2.45, 2.75) is 0 Å². The third kappa shape index (κ3) is 2.35. The lowest BCUT2D eigenvalue weighted by atomic mass is 10.7. The van der Waals surface area contributed by atoms with Gasteiger partial charge in [-0.05, 0) is 0 Å². The number of aromatic nitrogens is 2. The van der Waals surface area contributed by atoms with Crippen molar-refractivity contribution in [3.8, 4) is 0 Å². The van der Waals surface area contributed by atoms with Crippen molar-refractivity contribution < 1.29 is 9.53 Å². The second-order valence-electron chi connectivity index (χ2n) is 2.19. The van der Waals surface area contributed by atoms with Crippen LogP contribution in [0.2, 0.25) is 0 Å². The van der Waals surface area contributed by atoms with Gasteiger partial charge in [-0.3, -0.25) is 4.57 Å². The largest absolute Gasteiger partial charge is 0.383 e. The number of imidazole rings is 1. The summed E-state index contributed by atoms with van der Waals surface area (Å²) in [5.41, 5.74) is 0. The first-order valence-corrected chi connectivity index (χ1v) is 3.59. The third-order valence-corrected chi connectivity index (χ3v) is 1.32. The first-order chi connectivity index (χ1) is 5.84. The second-order valence-corrected chi connectivity index (χ2v) is 2.19. The van der Waals surface area contributed by atoms with E-state index in [0.29, 0.717) is 13.2 Å². The number of carbonyl (C=O) groups excluding carboxylic acids is 1. The van der Waals surface area contributed by atoms with Crippen LogP contribution in [0.1, 0.15) is 0 Å². The van der Waals surface area contributed by atoms with E-state index in [4.69, 9.17) is 4.74 Å². The molecule has 0 aliphatic heterocycles. The Bertz CT molecular complexity index is 233. The molecular weight excluding hydrogens is 158 g/mol. The number of carbonyl (C=O) groups is 1. The first kappa shape index (κ1) is 8.73. The number of nitrogens with one attached hydrogen (secondary N) is 1. The molecule has 66 valence electrons. The highest BCUT2D eigenvalue weighted by atomic mass is 16.5. The Hall–Kier alpha value is -1.36. The van der Waals surface area contributed by atoms with Crippen LogP contribution in [-0.2, 0) is 4.74 Å². The molecule has 0 fully saturated rings. The highest BCUT2D eigenvalue weighted by Crippen LogP contribution is 1.83. The molecule has 1 aromatic heterocycles. The summed E-state index contributed by atoms with van der Waals surface area (Å²) in [6.07, 6.45) is 4.58. The summed E-state index contributed by atoms with van der Waals surface area (Å²) < 4.78 is 6.14. The van der Waals surface area contributed by atoms with Crippen molar-refractivity contribution in [2.24, 2.45) is 0 Å². The molecule has 0 atom stereocenters. The van der Waals surface area contributed by atoms with Crippen LogP contribution in [0.3, 0.4) is 0 Å². The number of hydrogen-bond acceptors (Lipinski definition) is 3. The molecule has 0 aliphatic carbocycles. The molecule has 1 rings (SSSR count). The van der Waals surface area contributed by atoms with E-state index in [1.807, 2.05) is 0 Å². The number of ether oxygens (including phenoxy) is 1. The molecule has 12 heavy (non-hydrogen) atoms. The molecule has 1 aromatic rings. The van der Waals surface area contributed by atoms with E-state index in [1.165, 1.54) is 10.9 Å². The molecule has 5 heteroatoms. The van der Waals surface area contributed by atoms with Crippen molar-refractivity contribution >= 4 is 6.03 Å². The summed E-state index contributed by atoms with van der Waals surface area (Å²) in [5.74, 6) is 0. The summed E-state index contributed by atoms with van der Waals surface area (Å²) >= 11 is 0. The first-order valence-electron chi connectivity index (χ1n) is 3.59. The van der Waals surface area contributed by atoms with Gasteiger partial charge in [0.25, 0.3) is 0 Å². The normalized spacial score (nSPS) is 9.75. The van der Waals surface area contributed by atoms with E-state index in [1.54, 1.807) is 19.5 Å². The minimum Gasteiger partial charge on any atom is -0.383 e. The van der Waals surface area contributed by atoms with E-state index >= 15 is 0 Å². The Labute approximate surface area is 70.4 Å². The molecule has 0 unspecified atom stereocenters. The molecule has 0 aliphatic rings. The lowest BCUT2D eigenvalue weighted by molar-refractivity contribution is 0.196. The minimum absolute atomic E-state index is 0.190. The van der Waals surface area contributed by atoms with E-state index in [-0.39, 0.29) is 6.03 Å². The molecule has 0 aromatic carbocycles. The Morgan fingerprint density at radius 1 is 1.75 bits per heavy atom. The predicted octanol–water partition coefficient (Wildman–Crippen LogP) is 0.0872. The van der Waals surface area contributed by atoms with Crippen LogP contribution in [0.4, 0.5) is 4.79 Å². The molecule has 0 bridgehead atoms. The summed E-state index contributed by atoms with van der Waals surface area (Å²) in [7, 11) is 1.59. The fourth-order valence-electron chi connectivity index (χ4n) is 0.731. The number of amides is 1. The summed E-state index contributed by atoms with van der Waals surface area (Å²) in [4.78, 5) is 14.9. The average molecular weight is 169 g/mol. The Kier molecular flexibility index (Phi) is 3.28.